The number of benzene rings is 3. The third kappa shape index (κ3) is 10.8. The van der Waals surface area contributed by atoms with Gasteiger partial charge in [-0.1, -0.05) is 55.0 Å². The maximum absolute atomic E-state index is 14.1. The molecular formula is C40H56N2O9S. The standard InChI is InChI=1S/C40H56N2O9S/c1-29-7-14-35(15-8-29)52(44,45)42-22-38(50-26-31(3)43)40(34-12-9-32(10-13-34)27-48-25-30(2)24-47-5)39(23-42)51-28-33-11-16-37-36(21-33)41(18-20-49-37)17-6-19-46-4/h7-16,21,30-31,38-40,43H,6,17-20,22-28H2,1-5H3/t30-,31+,38+,39-,40-/m0/s1. The van der Waals surface area contributed by atoms with E-state index in [1.807, 2.05) is 31.2 Å². The fourth-order valence-electron chi connectivity index (χ4n) is 6.79. The second-order valence-electron chi connectivity index (χ2n) is 14.0. The van der Waals surface area contributed by atoms with Crippen LogP contribution in [0.1, 0.15) is 48.4 Å². The number of piperidine rings is 1. The highest BCUT2D eigenvalue weighted by Crippen LogP contribution is 2.37. The zero-order chi connectivity index (χ0) is 37.1. The van der Waals surface area contributed by atoms with Gasteiger partial charge in [0.05, 0.1) is 68.5 Å². The van der Waals surface area contributed by atoms with Crippen LogP contribution in [0.5, 0.6) is 5.75 Å². The zero-order valence-corrected chi connectivity index (χ0v) is 32.1. The van der Waals surface area contributed by atoms with Crippen LogP contribution in [0, 0.1) is 12.8 Å². The lowest BCUT2D eigenvalue weighted by atomic mass is 9.85. The fraction of sp³-hybridized carbons (Fsp3) is 0.550. The van der Waals surface area contributed by atoms with Gasteiger partial charge in [0.2, 0.25) is 10.0 Å². The molecule has 5 atom stereocenters. The fourth-order valence-corrected chi connectivity index (χ4v) is 8.26. The number of nitrogens with zero attached hydrogens (tertiary/aromatic N) is 2. The van der Waals surface area contributed by atoms with Crippen molar-refractivity contribution in [2.24, 2.45) is 5.92 Å². The number of aryl methyl sites for hydroxylation is 1. The van der Waals surface area contributed by atoms with Crippen molar-refractivity contribution in [3.8, 4) is 5.75 Å². The molecule has 2 aliphatic heterocycles. The molecule has 0 amide bonds. The lowest BCUT2D eigenvalue weighted by Gasteiger charge is -2.43. The van der Waals surface area contributed by atoms with E-state index in [0.29, 0.717) is 33.0 Å². The molecule has 3 aromatic rings. The van der Waals surface area contributed by atoms with E-state index in [9.17, 15) is 13.5 Å². The molecule has 11 nitrogen and oxygen atoms in total. The molecule has 1 N–H and O–H groups in total. The van der Waals surface area contributed by atoms with Crippen molar-refractivity contribution in [2.45, 2.75) is 69.5 Å². The SMILES string of the molecule is COCCCN1CCOc2ccc(CO[C@H]3CN(S(=O)(=O)c4ccc(C)cc4)C[C@@H](OC[C@@H](C)O)[C@@H]3c3ccc(COC[C@@H](C)COC)cc3)cc21. The summed E-state index contributed by atoms with van der Waals surface area (Å²) < 4.78 is 65.2. The van der Waals surface area contributed by atoms with Crippen LogP contribution in [0.3, 0.4) is 0 Å². The van der Waals surface area contributed by atoms with Crippen molar-refractivity contribution < 1.29 is 41.9 Å². The third-order valence-electron chi connectivity index (χ3n) is 9.49. The Morgan fingerprint density at radius 2 is 1.58 bits per heavy atom. The predicted molar refractivity (Wildman–Crippen MR) is 200 cm³/mol. The summed E-state index contributed by atoms with van der Waals surface area (Å²) in [6, 6.07) is 21.1. The van der Waals surface area contributed by atoms with E-state index in [1.54, 1.807) is 45.4 Å². The maximum atomic E-state index is 14.1. The summed E-state index contributed by atoms with van der Waals surface area (Å²) in [6.45, 7) is 10.9. The van der Waals surface area contributed by atoms with Gasteiger partial charge in [-0.05, 0) is 61.2 Å². The minimum atomic E-state index is -3.88. The summed E-state index contributed by atoms with van der Waals surface area (Å²) in [5.74, 6) is 0.810. The highest BCUT2D eigenvalue weighted by atomic mass is 32.2. The number of ether oxygens (including phenoxy) is 6. The Labute approximate surface area is 309 Å². The quantitative estimate of drug-likeness (QED) is 0.165. The second-order valence-corrected chi connectivity index (χ2v) is 16.0. The molecule has 12 heteroatoms. The second kappa shape index (κ2) is 19.3. The van der Waals surface area contributed by atoms with Crippen molar-refractivity contribution in [2.75, 3.05) is 78.3 Å². The number of fused-ring (bicyclic) bond motifs is 1. The Hall–Kier alpha value is -3.07. The van der Waals surface area contributed by atoms with E-state index in [1.165, 1.54) is 4.31 Å². The predicted octanol–water partition coefficient (Wildman–Crippen LogP) is 5.17. The molecule has 0 unspecified atom stereocenters. The number of hydrogen-bond acceptors (Lipinski definition) is 10. The Morgan fingerprint density at radius 3 is 2.27 bits per heavy atom. The molecule has 1 fully saturated rings. The van der Waals surface area contributed by atoms with Crippen LogP contribution in [0.2, 0.25) is 0 Å². The summed E-state index contributed by atoms with van der Waals surface area (Å²) in [6.07, 6.45) is -0.972. The smallest absolute Gasteiger partial charge is 0.243 e. The Bertz CT molecular complexity index is 1640. The number of aliphatic hydroxyl groups is 1. The van der Waals surface area contributed by atoms with Crippen LogP contribution in [0.15, 0.2) is 71.6 Å². The van der Waals surface area contributed by atoms with Gasteiger partial charge in [0.25, 0.3) is 0 Å². The summed E-state index contributed by atoms with van der Waals surface area (Å²) >= 11 is 0. The third-order valence-corrected chi connectivity index (χ3v) is 11.3. The van der Waals surface area contributed by atoms with Crippen molar-refractivity contribution in [1.82, 2.24) is 4.31 Å². The van der Waals surface area contributed by atoms with Gasteiger partial charge in [0, 0.05) is 52.3 Å². The lowest BCUT2D eigenvalue weighted by Crippen LogP contribution is -2.54. The highest BCUT2D eigenvalue weighted by Gasteiger charge is 2.44. The number of methoxy groups -OCH3 is 2. The molecule has 0 aromatic heterocycles. The van der Waals surface area contributed by atoms with Gasteiger partial charge >= 0.3 is 0 Å². The molecule has 1 saturated heterocycles. The largest absolute Gasteiger partial charge is 0.490 e. The molecule has 0 spiro atoms. The van der Waals surface area contributed by atoms with E-state index >= 15 is 0 Å². The van der Waals surface area contributed by atoms with E-state index in [2.05, 4.69) is 30.0 Å². The first-order valence-corrected chi connectivity index (χ1v) is 19.7. The molecule has 0 radical (unpaired) electrons. The number of hydrogen-bond donors (Lipinski definition) is 1. The summed E-state index contributed by atoms with van der Waals surface area (Å²) in [4.78, 5) is 2.53. The minimum absolute atomic E-state index is 0.0572. The molecule has 3 aromatic carbocycles. The summed E-state index contributed by atoms with van der Waals surface area (Å²) in [7, 11) is -0.479. The Kier molecular flexibility index (Phi) is 14.9. The molecule has 52 heavy (non-hydrogen) atoms. The van der Waals surface area contributed by atoms with E-state index in [-0.39, 0.29) is 43.0 Å². The number of rotatable bonds is 19. The first kappa shape index (κ1) is 40.1. The summed E-state index contributed by atoms with van der Waals surface area (Å²) in [5.41, 5.74) is 4.93. The van der Waals surface area contributed by atoms with Gasteiger partial charge in [0.1, 0.15) is 12.4 Å². The summed E-state index contributed by atoms with van der Waals surface area (Å²) in [5, 5.41) is 10.2. The molecule has 0 bridgehead atoms. The van der Waals surface area contributed by atoms with Crippen LogP contribution in [-0.2, 0) is 46.9 Å². The van der Waals surface area contributed by atoms with Gasteiger partial charge in [0.15, 0.2) is 0 Å². The molecule has 0 saturated carbocycles. The van der Waals surface area contributed by atoms with E-state index in [0.717, 1.165) is 53.2 Å². The van der Waals surface area contributed by atoms with Gasteiger partial charge in [-0.15, -0.1) is 0 Å². The van der Waals surface area contributed by atoms with Gasteiger partial charge in [-0.3, -0.25) is 0 Å². The molecule has 2 heterocycles. The molecule has 0 aliphatic carbocycles. The van der Waals surface area contributed by atoms with Crippen LogP contribution in [0.25, 0.3) is 0 Å². The van der Waals surface area contributed by atoms with Crippen molar-refractivity contribution in [3.63, 3.8) is 0 Å². The Balaban J connectivity index is 1.42. The lowest BCUT2D eigenvalue weighted by molar-refractivity contribution is -0.0916. The monoisotopic (exact) mass is 740 g/mol. The average Bonchev–Trinajstić information content (AvgIpc) is 3.13. The highest BCUT2D eigenvalue weighted by molar-refractivity contribution is 7.89. The van der Waals surface area contributed by atoms with Crippen molar-refractivity contribution in [1.29, 1.82) is 0 Å². The van der Waals surface area contributed by atoms with Gasteiger partial charge in [-0.25, -0.2) is 8.42 Å². The van der Waals surface area contributed by atoms with Crippen molar-refractivity contribution >= 4 is 15.7 Å². The first-order chi connectivity index (χ1) is 25.1. The Morgan fingerprint density at radius 1 is 0.865 bits per heavy atom. The molecule has 286 valence electrons. The molecule has 5 rings (SSSR count). The first-order valence-electron chi connectivity index (χ1n) is 18.2. The van der Waals surface area contributed by atoms with Crippen LogP contribution < -0.4 is 9.64 Å². The van der Waals surface area contributed by atoms with E-state index in [4.69, 9.17) is 28.4 Å². The number of anilines is 1. The molecule has 2 aliphatic rings. The van der Waals surface area contributed by atoms with E-state index < -0.39 is 28.3 Å². The number of sulfonamides is 1. The number of aliphatic hydroxyl groups excluding tert-OH is 1. The maximum Gasteiger partial charge on any atom is 0.243 e. The minimum Gasteiger partial charge on any atom is -0.490 e. The van der Waals surface area contributed by atoms with Gasteiger partial charge < -0.3 is 38.4 Å². The molecular weight excluding hydrogens is 685 g/mol. The van der Waals surface area contributed by atoms with Crippen molar-refractivity contribution in [3.05, 3.63) is 89.0 Å². The van der Waals surface area contributed by atoms with Crippen LogP contribution in [-0.4, -0.2) is 110 Å². The van der Waals surface area contributed by atoms with Crippen LogP contribution >= 0.6 is 0 Å². The average molecular weight is 741 g/mol. The van der Waals surface area contributed by atoms with Crippen LogP contribution in [0.4, 0.5) is 5.69 Å². The zero-order valence-electron chi connectivity index (χ0n) is 31.2. The normalized spacial score (nSPS) is 20.7. The topological polar surface area (TPSA) is 116 Å². The van der Waals surface area contributed by atoms with Gasteiger partial charge in [-0.2, -0.15) is 4.31 Å².